The van der Waals surface area contributed by atoms with Crippen molar-refractivity contribution >= 4 is 92.3 Å². The number of carbonyl (C=O) groups excluding carboxylic acids is 1. The minimum atomic E-state index is -4.87. The predicted molar refractivity (Wildman–Crippen MR) is 262 cm³/mol. The Kier molecular flexibility index (Phi) is 16.3. The Morgan fingerprint density at radius 3 is 1.57 bits per heavy atom. The molecule has 0 fully saturated rings. The molecular weight excluding hydrogens is 1110 g/mol. The first-order valence-electron chi connectivity index (χ1n) is 20.0. The van der Waals surface area contributed by atoms with Crippen molar-refractivity contribution in [1.29, 1.82) is 0 Å². The first-order chi connectivity index (χ1) is 34.0. The lowest BCUT2D eigenvalue weighted by molar-refractivity contribution is -0.143. The molecule has 26 heteroatoms. The maximum absolute atomic E-state index is 14.8. The molecule has 5 heterocycles. The van der Waals surface area contributed by atoms with Crippen LogP contribution in [-0.4, -0.2) is 51.5 Å². The third kappa shape index (κ3) is 11.4. The summed E-state index contributed by atoms with van der Waals surface area (Å²) in [6.45, 7) is 3.17. The van der Waals surface area contributed by atoms with E-state index in [2.05, 4.69) is 25.5 Å². The molecular formula is C46H27Cl5F8N8O3S2. The van der Waals surface area contributed by atoms with Crippen LogP contribution in [0.1, 0.15) is 29.6 Å². The quantitative estimate of drug-likeness (QED) is 0.0843. The smallest absolute Gasteiger partial charge is 0.389 e. The van der Waals surface area contributed by atoms with Gasteiger partial charge in [0.05, 0.1) is 73.1 Å². The van der Waals surface area contributed by atoms with Crippen LogP contribution in [0.25, 0.3) is 67.1 Å². The highest BCUT2D eigenvalue weighted by molar-refractivity contribution is 7.80. The second-order valence-corrected chi connectivity index (χ2v) is 18.0. The average molecular weight is 1130 g/mol. The molecule has 2 N–H and O–H groups in total. The summed E-state index contributed by atoms with van der Waals surface area (Å²) < 4.78 is 127. The van der Waals surface area contributed by atoms with Crippen LogP contribution in [0.3, 0.4) is 0 Å². The lowest BCUT2D eigenvalue weighted by atomic mass is 10.0. The summed E-state index contributed by atoms with van der Waals surface area (Å²) in [6, 6.07) is 19.4. The van der Waals surface area contributed by atoms with E-state index < -0.39 is 52.3 Å². The molecule has 11 nitrogen and oxygen atoms in total. The molecule has 0 aliphatic rings. The van der Waals surface area contributed by atoms with Gasteiger partial charge in [0, 0.05) is 21.1 Å². The van der Waals surface area contributed by atoms with Gasteiger partial charge >= 0.3 is 12.4 Å². The molecule has 0 atom stereocenters. The number of halogens is 13. The maximum Gasteiger partial charge on any atom is 0.434 e. The van der Waals surface area contributed by atoms with Crippen molar-refractivity contribution in [3.8, 4) is 67.1 Å². The molecule has 0 bridgehead atoms. The highest BCUT2D eigenvalue weighted by Crippen LogP contribution is 2.48. The van der Waals surface area contributed by atoms with Crippen LogP contribution >= 0.6 is 81.6 Å². The van der Waals surface area contributed by atoms with Crippen molar-refractivity contribution in [3.05, 3.63) is 157 Å². The number of ketones is 1. The summed E-state index contributed by atoms with van der Waals surface area (Å²) in [5, 5.41) is 17.9. The standard InChI is InChI=1S/C23H12Cl2F4N4OS.C20H10Cl2F4N4OS.C3H5ClO/c1-11-10-35-22(31-11)18-19(17-15(25)6-3-7-16(17)26)32-34-20(18)14-9-30-33(21(14)23(27,28)29)13-5-2-4-12(24)8-13;21-9-3-1-4-10(7-9)30-18(20(24,25)26)11(8-28-30)17-15(19(27)32)16(29-31-17)14-12(22)5-2-6-13(14)23;1-3(5)2-4/h2-10H,1H3;1-8H,(H2,27,32);2H2,1H3. The molecule has 0 amide bonds. The van der Waals surface area contributed by atoms with Crippen molar-refractivity contribution in [2.45, 2.75) is 26.2 Å². The molecule has 0 radical (unpaired) electrons. The molecule has 0 spiro atoms. The van der Waals surface area contributed by atoms with Crippen molar-refractivity contribution in [3.63, 3.8) is 0 Å². The van der Waals surface area contributed by atoms with E-state index in [-0.39, 0.29) is 92.5 Å². The lowest BCUT2D eigenvalue weighted by Crippen LogP contribution is -2.16. The normalized spacial score (nSPS) is 11.5. The van der Waals surface area contributed by atoms with Crippen LogP contribution in [0, 0.1) is 18.6 Å². The Labute approximate surface area is 435 Å². The van der Waals surface area contributed by atoms with Gasteiger partial charge in [0.2, 0.25) is 0 Å². The third-order valence-electron chi connectivity index (χ3n) is 9.72. The fraction of sp³-hybridized carbons (Fsp3) is 0.109. The first-order valence-corrected chi connectivity index (χ1v) is 23.3. The zero-order valence-corrected chi connectivity index (χ0v) is 41.6. The van der Waals surface area contributed by atoms with Gasteiger partial charge in [0.25, 0.3) is 0 Å². The second kappa shape index (κ2) is 21.9. The fourth-order valence-corrected chi connectivity index (χ4v) is 8.72. The number of Topliss-reactive ketones (excluding diaryl/α,β-unsaturated/α-hetero) is 1. The number of thiazole rings is 1. The zero-order chi connectivity index (χ0) is 52.4. The van der Waals surface area contributed by atoms with Crippen molar-refractivity contribution in [2.75, 3.05) is 5.88 Å². The van der Waals surface area contributed by atoms with Crippen LogP contribution in [0.2, 0.25) is 20.1 Å². The van der Waals surface area contributed by atoms with Crippen LogP contribution in [0.15, 0.2) is 112 Å². The van der Waals surface area contributed by atoms with Crippen molar-refractivity contribution in [2.24, 2.45) is 5.73 Å². The molecule has 5 aromatic heterocycles. The number of benzene rings is 4. The van der Waals surface area contributed by atoms with E-state index >= 15 is 0 Å². The predicted octanol–water partition coefficient (Wildman–Crippen LogP) is 15.2. The van der Waals surface area contributed by atoms with Crippen LogP contribution in [0.4, 0.5) is 35.1 Å². The van der Waals surface area contributed by atoms with Crippen LogP contribution < -0.4 is 5.73 Å². The summed E-state index contributed by atoms with van der Waals surface area (Å²) in [5.41, 5.74) is 2.63. The Morgan fingerprint density at radius 1 is 0.708 bits per heavy atom. The van der Waals surface area contributed by atoms with Gasteiger partial charge in [0.15, 0.2) is 22.9 Å². The lowest BCUT2D eigenvalue weighted by Gasteiger charge is -2.12. The Hall–Kier alpha value is -6.20. The van der Waals surface area contributed by atoms with E-state index in [4.69, 9.17) is 85.0 Å². The molecule has 0 aliphatic heterocycles. The zero-order valence-electron chi connectivity index (χ0n) is 36.2. The van der Waals surface area contributed by atoms with E-state index in [9.17, 15) is 39.9 Å². The van der Waals surface area contributed by atoms with E-state index in [0.29, 0.717) is 10.4 Å². The molecule has 4 aromatic carbocycles. The minimum absolute atomic E-state index is 0.0186. The number of nitrogens with two attached hydrogens (primary N) is 1. The van der Waals surface area contributed by atoms with Gasteiger partial charge in [-0.15, -0.1) is 22.9 Å². The van der Waals surface area contributed by atoms with Crippen LogP contribution in [0.5, 0.6) is 0 Å². The number of alkyl halides is 7. The van der Waals surface area contributed by atoms with Gasteiger partial charge in [-0.25, -0.2) is 23.1 Å². The Balaban J connectivity index is 0.000000194. The minimum Gasteiger partial charge on any atom is -0.389 e. The second-order valence-electron chi connectivity index (χ2n) is 14.8. The van der Waals surface area contributed by atoms with Crippen molar-refractivity contribution in [1.82, 2.24) is 34.9 Å². The number of nitrogens with zero attached hydrogens (tertiary/aromatic N) is 7. The maximum atomic E-state index is 14.8. The molecule has 72 heavy (non-hydrogen) atoms. The number of carbonyl (C=O) groups is 1. The van der Waals surface area contributed by atoms with E-state index in [1.807, 2.05) is 0 Å². The molecule has 9 rings (SSSR count). The van der Waals surface area contributed by atoms with Gasteiger partial charge in [-0.3, -0.25) is 4.79 Å². The summed E-state index contributed by atoms with van der Waals surface area (Å²) in [5.74, 6) is -2.02. The molecule has 9 aromatic rings. The molecule has 0 saturated heterocycles. The highest BCUT2D eigenvalue weighted by atomic mass is 35.5. The Morgan fingerprint density at radius 2 is 1.15 bits per heavy atom. The van der Waals surface area contributed by atoms with E-state index in [1.54, 1.807) is 12.3 Å². The van der Waals surface area contributed by atoms with E-state index in [1.165, 1.54) is 85.8 Å². The topological polar surface area (TPSA) is 144 Å². The number of hydrogen-bond acceptors (Lipinski definition) is 10. The number of aryl methyl sites for hydroxylation is 1. The number of aromatic nitrogens is 7. The third-order valence-corrected chi connectivity index (χ3v) is 12.4. The fourth-order valence-electron chi connectivity index (χ4n) is 6.82. The number of thiocarbonyl (C=S) groups is 1. The highest BCUT2D eigenvalue weighted by Gasteiger charge is 2.43. The largest absolute Gasteiger partial charge is 0.434 e. The van der Waals surface area contributed by atoms with E-state index in [0.717, 1.165) is 34.5 Å². The molecule has 0 aliphatic carbocycles. The van der Waals surface area contributed by atoms with Crippen LogP contribution in [-0.2, 0) is 17.1 Å². The molecule has 0 unspecified atom stereocenters. The van der Waals surface area contributed by atoms with Gasteiger partial charge in [0.1, 0.15) is 38.8 Å². The summed E-state index contributed by atoms with van der Waals surface area (Å²) in [4.78, 5) is 13.7. The summed E-state index contributed by atoms with van der Waals surface area (Å²) in [6.07, 6.45) is -7.77. The Bertz CT molecular complexity index is 3440. The average Bonchev–Trinajstić information content (AvgIpc) is 4.16. The molecule has 372 valence electrons. The molecule has 0 saturated carbocycles. The first kappa shape index (κ1) is 53.6. The SMILES string of the molecule is CC(=O)CCl.Cc1csc(-c2c(-c3c(F)cccc3Cl)noc2-c2cnn(-c3cccc(Cl)c3)c2C(F)(F)F)n1.NC(=S)c1c(-c2c(F)cccc2Cl)noc1-c1cnn(-c2cccc(Cl)c2)c1C(F)(F)F. The summed E-state index contributed by atoms with van der Waals surface area (Å²) in [7, 11) is 0. The monoisotopic (exact) mass is 1130 g/mol. The van der Waals surface area contributed by atoms with Gasteiger partial charge in [-0.1, -0.05) is 93.2 Å². The van der Waals surface area contributed by atoms with Gasteiger partial charge < -0.3 is 14.8 Å². The number of rotatable bonds is 9. The summed E-state index contributed by atoms with van der Waals surface area (Å²) >= 11 is 35.4. The van der Waals surface area contributed by atoms with Crippen molar-refractivity contribution < 1.29 is 49.0 Å². The number of hydrogen-bond donors (Lipinski definition) is 1. The van der Waals surface area contributed by atoms with Gasteiger partial charge in [-0.2, -0.15) is 36.5 Å². The van der Waals surface area contributed by atoms with Gasteiger partial charge in [-0.05, 0) is 74.5 Å².